The van der Waals surface area contributed by atoms with Crippen LogP contribution in [0.3, 0.4) is 0 Å². The Kier molecular flexibility index (Phi) is 6.45. The summed E-state index contributed by atoms with van der Waals surface area (Å²) in [5.41, 5.74) is 2.32. The smallest absolute Gasteiger partial charge is 0.251 e. The first-order valence-corrected chi connectivity index (χ1v) is 7.48. The summed E-state index contributed by atoms with van der Waals surface area (Å²) >= 11 is 0. The van der Waals surface area contributed by atoms with E-state index in [-0.39, 0.29) is 18.1 Å². The predicted molar refractivity (Wildman–Crippen MR) is 86.2 cm³/mol. The number of aliphatic hydroxyl groups is 1. The molecule has 2 N–H and O–H groups in total. The fourth-order valence-corrected chi connectivity index (χ4v) is 1.88. The van der Waals surface area contributed by atoms with Crippen molar-refractivity contribution >= 4 is 5.91 Å². The molecule has 0 atom stereocenters. The van der Waals surface area contributed by atoms with E-state index in [1.165, 1.54) is 0 Å². The van der Waals surface area contributed by atoms with Gasteiger partial charge >= 0.3 is 0 Å². The molecule has 0 saturated carbocycles. The molecule has 0 fully saturated rings. The molecule has 1 aromatic rings. The monoisotopic (exact) mass is 287 g/mol. The van der Waals surface area contributed by atoms with Gasteiger partial charge in [-0.15, -0.1) is 0 Å². The highest BCUT2D eigenvalue weighted by Gasteiger charge is 2.22. The largest absolute Gasteiger partial charge is 0.395 e. The van der Waals surface area contributed by atoms with Crippen LogP contribution in [0.5, 0.6) is 0 Å². The molecule has 1 rings (SSSR count). The molecule has 0 aromatic heterocycles. The Morgan fingerprint density at radius 2 is 2.00 bits per heavy atom. The lowest BCUT2D eigenvalue weighted by Crippen LogP contribution is -2.44. The zero-order valence-corrected chi connectivity index (χ0v) is 13.4. The van der Waals surface area contributed by atoms with Crippen molar-refractivity contribution in [1.29, 1.82) is 0 Å². The summed E-state index contributed by atoms with van der Waals surface area (Å²) < 4.78 is 0. The Balaban J connectivity index is 2.97. The van der Waals surface area contributed by atoms with E-state index in [1.807, 2.05) is 25.1 Å². The molecule has 21 heavy (non-hydrogen) atoms. The van der Waals surface area contributed by atoms with E-state index in [2.05, 4.69) is 37.9 Å². The highest BCUT2D eigenvalue weighted by atomic mass is 16.2. The Morgan fingerprint density at radius 1 is 1.33 bits per heavy atom. The SMILES string of the molecule is CCC(C)(CC)NC(=O)c1ccc(C)c(C#CCCO)c1. The van der Waals surface area contributed by atoms with Gasteiger partial charge in [0.05, 0.1) is 6.61 Å². The molecule has 1 amide bonds. The molecule has 0 radical (unpaired) electrons. The summed E-state index contributed by atoms with van der Waals surface area (Å²) in [6.45, 7) is 8.22. The van der Waals surface area contributed by atoms with Crippen LogP contribution in [0.1, 0.15) is 61.5 Å². The van der Waals surface area contributed by atoms with Gasteiger partial charge in [0.25, 0.3) is 5.91 Å². The highest BCUT2D eigenvalue weighted by Crippen LogP contribution is 2.16. The standard InChI is InChI=1S/C18H25NO2/c1-5-18(4,6-2)19-17(21)16-11-10-14(3)15(13-16)9-7-8-12-20/h10-11,13,20H,5-6,8,12H2,1-4H3,(H,19,21). The lowest BCUT2D eigenvalue weighted by molar-refractivity contribution is 0.0901. The van der Waals surface area contributed by atoms with Gasteiger partial charge in [0, 0.05) is 23.1 Å². The molecule has 0 spiro atoms. The highest BCUT2D eigenvalue weighted by molar-refractivity contribution is 5.95. The second-order valence-corrected chi connectivity index (χ2v) is 5.53. The molecule has 114 valence electrons. The van der Waals surface area contributed by atoms with Crippen LogP contribution in [-0.2, 0) is 0 Å². The number of rotatable bonds is 5. The Morgan fingerprint density at radius 3 is 2.57 bits per heavy atom. The number of carbonyl (C=O) groups is 1. The van der Waals surface area contributed by atoms with Crippen molar-refractivity contribution in [2.24, 2.45) is 0 Å². The molecule has 0 heterocycles. The lowest BCUT2D eigenvalue weighted by atomic mass is 9.94. The van der Waals surface area contributed by atoms with Crippen molar-refractivity contribution < 1.29 is 9.90 Å². The third-order valence-corrected chi connectivity index (χ3v) is 3.94. The van der Waals surface area contributed by atoms with Crippen LogP contribution in [0, 0.1) is 18.8 Å². The number of hydrogen-bond acceptors (Lipinski definition) is 2. The number of aliphatic hydroxyl groups excluding tert-OH is 1. The van der Waals surface area contributed by atoms with Crippen molar-refractivity contribution in [2.45, 2.75) is 52.5 Å². The maximum Gasteiger partial charge on any atom is 0.251 e. The van der Waals surface area contributed by atoms with E-state index in [0.717, 1.165) is 24.0 Å². The van der Waals surface area contributed by atoms with Crippen LogP contribution in [0.25, 0.3) is 0 Å². The minimum Gasteiger partial charge on any atom is -0.395 e. The fraction of sp³-hybridized carbons (Fsp3) is 0.500. The topological polar surface area (TPSA) is 49.3 Å². The second-order valence-electron chi connectivity index (χ2n) is 5.53. The van der Waals surface area contributed by atoms with Crippen molar-refractivity contribution in [3.8, 4) is 11.8 Å². The van der Waals surface area contributed by atoms with Crippen LogP contribution < -0.4 is 5.32 Å². The maximum absolute atomic E-state index is 12.4. The normalized spacial score (nSPS) is 10.7. The molecular formula is C18H25NO2. The van der Waals surface area contributed by atoms with Gasteiger partial charge in [-0.2, -0.15) is 0 Å². The van der Waals surface area contributed by atoms with Gasteiger partial charge < -0.3 is 10.4 Å². The fourth-order valence-electron chi connectivity index (χ4n) is 1.88. The number of aryl methyl sites for hydroxylation is 1. The molecule has 3 heteroatoms. The number of amides is 1. The molecule has 0 unspecified atom stereocenters. The van der Waals surface area contributed by atoms with E-state index in [4.69, 9.17) is 5.11 Å². The number of hydrogen-bond donors (Lipinski definition) is 2. The molecule has 3 nitrogen and oxygen atoms in total. The van der Waals surface area contributed by atoms with Gasteiger partial charge in [-0.3, -0.25) is 4.79 Å². The first-order chi connectivity index (χ1) is 9.95. The van der Waals surface area contributed by atoms with E-state index in [0.29, 0.717) is 12.0 Å². The minimum atomic E-state index is -0.176. The Bertz CT molecular complexity index is 548. The van der Waals surface area contributed by atoms with Gasteiger partial charge in [-0.1, -0.05) is 31.8 Å². The summed E-state index contributed by atoms with van der Waals surface area (Å²) in [5, 5.41) is 11.9. The predicted octanol–water partition coefficient (Wildman–Crippen LogP) is 3.04. The van der Waals surface area contributed by atoms with Gasteiger partial charge in [-0.25, -0.2) is 0 Å². The molecule has 0 saturated heterocycles. The summed E-state index contributed by atoms with van der Waals surface area (Å²) in [5.74, 6) is 5.84. The van der Waals surface area contributed by atoms with Gasteiger partial charge in [-0.05, 0) is 44.4 Å². The molecule has 0 aliphatic rings. The first kappa shape index (κ1) is 17.3. The molecule has 0 aliphatic carbocycles. The van der Waals surface area contributed by atoms with Crippen molar-refractivity contribution in [2.75, 3.05) is 6.61 Å². The third kappa shape index (κ3) is 4.91. The van der Waals surface area contributed by atoms with Crippen LogP contribution in [-0.4, -0.2) is 23.2 Å². The van der Waals surface area contributed by atoms with Crippen LogP contribution in [0.2, 0.25) is 0 Å². The average Bonchev–Trinajstić information content (AvgIpc) is 2.49. The van der Waals surface area contributed by atoms with Crippen LogP contribution >= 0.6 is 0 Å². The van der Waals surface area contributed by atoms with Crippen LogP contribution in [0.15, 0.2) is 18.2 Å². The molecule has 0 aliphatic heterocycles. The van der Waals surface area contributed by atoms with Gasteiger partial charge in [0.2, 0.25) is 0 Å². The molecule has 1 aromatic carbocycles. The van der Waals surface area contributed by atoms with E-state index < -0.39 is 0 Å². The zero-order chi connectivity index (χ0) is 15.9. The number of nitrogens with one attached hydrogen (secondary N) is 1. The van der Waals surface area contributed by atoms with Crippen LogP contribution in [0.4, 0.5) is 0 Å². The van der Waals surface area contributed by atoms with Gasteiger partial charge in [0.1, 0.15) is 0 Å². The zero-order valence-electron chi connectivity index (χ0n) is 13.4. The lowest BCUT2D eigenvalue weighted by Gasteiger charge is -2.28. The first-order valence-electron chi connectivity index (χ1n) is 7.48. The van der Waals surface area contributed by atoms with E-state index in [1.54, 1.807) is 0 Å². The minimum absolute atomic E-state index is 0.0532. The summed E-state index contributed by atoms with van der Waals surface area (Å²) in [7, 11) is 0. The number of benzene rings is 1. The van der Waals surface area contributed by atoms with Gasteiger partial charge in [0.15, 0.2) is 0 Å². The molecule has 0 bridgehead atoms. The molecular weight excluding hydrogens is 262 g/mol. The Labute approximate surface area is 127 Å². The van der Waals surface area contributed by atoms with E-state index in [9.17, 15) is 4.79 Å². The van der Waals surface area contributed by atoms with Crippen molar-refractivity contribution in [3.05, 3.63) is 34.9 Å². The third-order valence-electron chi connectivity index (χ3n) is 3.94. The van der Waals surface area contributed by atoms with E-state index >= 15 is 0 Å². The maximum atomic E-state index is 12.4. The van der Waals surface area contributed by atoms with Crippen molar-refractivity contribution in [1.82, 2.24) is 5.32 Å². The summed E-state index contributed by atoms with van der Waals surface area (Å²) in [6.07, 6.45) is 2.23. The van der Waals surface area contributed by atoms with Crippen molar-refractivity contribution in [3.63, 3.8) is 0 Å². The quantitative estimate of drug-likeness (QED) is 0.818. The summed E-state index contributed by atoms with van der Waals surface area (Å²) in [4.78, 5) is 12.4. The Hall–Kier alpha value is -1.79. The number of carbonyl (C=O) groups excluding carboxylic acids is 1. The average molecular weight is 287 g/mol. The summed E-state index contributed by atoms with van der Waals surface area (Å²) in [6, 6.07) is 5.56. The second kappa shape index (κ2) is 7.85.